The van der Waals surface area contributed by atoms with Crippen molar-refractivity contribution in [3.05, 3.63) is 0 Å². The number of fused-ring (bicyclic) bond motifs is 2. The minimum Gasteiger partial charge on any atom is -0.0620 e. The van der Waals surface area contributed by atoms with E-state index in [4.69, 9.17) is 0 Å². The van der Waals surface area contributed by atoms with Gasteiger partial charge in [0.15, 0.2) is 0 Å². The fourth-order valence-corrected chi connectivity index (χ4v) is 3.60. The second-order valence-electron chi connectivity index (χ2n) is 5.51. The first-order valence-electron chi connectivity index (χ1n) is 4.98. The fraction of sp³-hybridized carbons (Fsp3) is 1.00. The van der Waals surface area contributed by atoms with E-state index in [9.17, 15) is 0 Å². The molecule has 0 aromatic carbocycles. The van der Waals surface area contributed by atoms with Crippen LogP contribution in [0, 0.1) is 22.7 Å². The van der Waals surface area contributed by atoms with Crippen molar-refractivity contribution in [3.63, 3.8) is 0 Å². The molecule has 11 heavy (non-hydrogen) atoms. The zero-order valence-electron chi connectivity index (χ0n) is 8.28. The van der Waals surface area contributed by atoms with E-state index >= 15 is 0 Å². The van der Waals surface area contributed by atoms with E-state index in [2.05, 4.69) is 27.7 Å². The molecule has 0 heterocycles. The Kier molecular flexibility index (Phi) is 1.28. The summed E-state index contributed by atoms with van der Waals surface area (Å²) in [5.41, 5.74) is 1.30. The lowest BCUT2D eigenvalue weighted by Gasteiger charge is -2.37. The average molecular weight is 152 g/mol. The van der Waals surface area contributed by atoms with Gasteiger partial charge in [-0.3, -0.25) is 0 Å². The van der Waals surface area contributed by atoms with E-state index in [-0.39, 0.29) is 0 Å². The van der Waals surface area contributed by atoms with Crippen molar-refractivity contribution in [2.45, 2.75) is 47.0 Å². The third kappa shape index (κ3) is 0.666. The highest BCUT2D eigenvalue weighted by atomic mass is 14.6. The smallest absolute Gasteiger partial charge is 0.0246 e. The van der Waals surface area contributed by atoms with Gasteiger partial charge in [-0.1, -0.05) is 27.7 Å². The molecule has 2 saturated carbocycles. The van der Waals surface area contributed by atoms with Crippen LogP contribution in [0.3, 0.4) is 0 Å². The molecule has 2 aliphatic carbocycles. The Hall–Kier alpha value is 0. The first kappa shape index (κ1) is 7.64. The minimum atomic E-state index is 0.631. The molecule has 0 nitrogen and oxygen atoms in total. The Labute approximate surface area is 70.4 Å². The predicted octanol–water partition coefficient (Wildman–Crippen LogP) is 3.47. The van der Waals surface area contributed by atoms with Gasteiger partial charge in [0, 0.05) is 0 Å². The van der Waals surface area contributed by atoms with Gasteiger partial charge in [-0.05, 0) is 41.9 Å². The molecule has 2 aliphatic rings. The van der Waals surface area contributed by atoms with Crippen LogP contribution in [0.15, 0.2) is 0 Å². The van der Waals surface area contributed by atoms with Crippen molar-refractivity contribution in [1.82, 2.24) is 0 Å². The summed E-state index contributed by atoms with van der Waals surface area (Å²) < 4.78 is 0. The van der Waals surface area contributed by atoms with E-state index in [1.54, 1.807) is 0 Å². The van der Waals surface area contributed by atoms with Crippen LogP contribution in [0.5, 0.6) is 0 Å². The zero-order valence-corrected chi connectivity index (χ0v) is 8.28. The third-order valence-corrected chi connectivity index (χ3v) is 5.23. The lowest BCUT2D eigenvalue weighted by Crippen LogP contribution is -2.30. The summed E-state index contributed by atoms with van der Waals surface area (Å²) in [5, 5.41) is 0. The molecule has 64 valence electrons. The molecule has 0 aromatic rings. The number of hydrogen-bond acceptors (Lipinski definition) is 0. The Morgan fingerprint density at radius 1 is 1.18 bits per heavy atom. The molecule has 0 saturated heterocycles. The largest absolute Gasteiger partial charge is 0.0620 e. The number of rotatable bonds is 0. The van der Waals surface area contributed by atoms with Gasteiger partial charge in [0.2, 0.25) is 0 Å². The van der Waals surface area contributed by atoms with Crippen LogP contribution in [0.1, 0.15) is 47.0 Å². The summed E-state index contributed by atoms with van der Waals surface area (Å²) in [6.07, 6.45) is 4.46. The summed E-state index contributed by atoms with van der Waals surface area (Å²) in [5.74, 6) is 2.00. The second-order valence-corrected chi connectivity index (χ2v) is 5.51. The topological polar surface area (TPSA) is 0 Å². The lowest BCUT2D eigenvalue weighted by atomic mass is 9.67. The molecular formula is C11H20. The van der Waals surface area contributed by atoms with Gasteiger partial charge in [-0.25, -0.2) is 0 Å². The highest BCUT2D eigenvalue weighted by Crippen LogP contribution is 2.67. The van der Waals surface area contributed by atoms with Gasteiger partial charge in [-0.2, -0.15) is 0 Å². The van der Waals surface area contributed by atoms with Gasteiger partial charge in [0.05, 0.1) is 0 Å². The van der Waals surface area contributed by atoms with Crippen molar-refractivity contribution in [3.8, 4) is 0 Å². The Morgan fingerprint density at radius 2 is 1.82 bits per heavy atom. The zero-order chi connectivity index (χ0) is 8.28. The molecule has 0 radical (unpaired) electrons. The summed E-state index contributed by atoms with van der Waals surface area (Å²) in [4.78, 5) is 0. The Balaban J connectivity index is 2.40. The molecule has 0 aromatic heterocycles. The standard InChI is InChI=1S/C11H20/c1-8-7-9-5-6-11(8,4)10(9,2)3/h8-9H,5-7H2,1-4H3/t8-,9?,11+/m0/s1. The van der Waals surface area contributed by atoms with Gasteiger partial charge in [0.1, 0.15) is 0 Å². The first-order valence-corrected chi connectivity index (χ1v) is 4.98. The maximum atomic E-state index is 2.50. The van der Waals surface area contributed by atoms with E-state index in [1.165, 1.54) is 19.3 Å². The molecule has 0 aliphatic heterocycles. The van der Waals surface area contributed by atoms with E-state index in [0.29, 0.717) is 10.8 Å². The van der Waals surface area contributed by atoms with Crippen molar-refractivity contribution in [2.24, 2.45) is 22.7 Å². The van der Waals surface area contributed by atoms with E-state index in [1.807, 2.05) is 0 Å². The third-order valence-electron chi connectivity index (χ3n) is 5.23. The van der Waals surface area contributed by atoms with Crippen LogP contribution in [0.2, 0.25) is 0 Å². The van der Waals surface area contributed by atoms with Crippen molar-refractivity contribution < 1.29 is 0 Å². The summed E-state index contributed by atoms with van der Waals surface area (Å²) in [6, 6.07) is 0. The summed E-state index contributed by atoms with van der Waals surface area (Å²) >= 11 is 0. The Bertz CT molecular complexity index is 180. The van der Waals surface area contributed by atoms with E-state index in [0.717, 1.165) is 11.8 Å². The van der Waals surface area contributed by atoms with Gasteiger partial charge >= 0.3 is 0 Å². The van der Waals surface area contributed by atoms with Crippen molar-refractivity contribution >= 4 is 0 Å². The summed E-state index contributed by atoms with van der Waals surface area (Å²) in [7, 11) is 0. The summed E-state index contributed by atoms with van der Waals surface area (Å²) in [6.45, 7) is 9.91. The highest BCUT2D eigenvalue weighted by molar-refractivity contribution is 5.08. The van der Waals surface area contributed by atoms with Gasteiger partial charge < -0.3 is 0 Å². The number of hydrogen-bond donors (Lipinski definition) is 0. The van der Waals surface area contributed by atoms with Crippen LogP contribution in [0.25, 0.3) is 0 Å². The van der Waals surface area contributed by atoms with Crippen LogP contribution >= 0.6 is 0 Å². The van der Waals surface area contributed by atoms with Crippen LogP contribution in [0.4, 0.5) is 0 Å². The molecule has 1 unspecified atom stereocenters. The monoisotopic (exact) mass is 152 g/mol. The Morgan fingerprint density at radius 3 is 2.00 bits per heavy atom. The first-order chi connectivity index (χ1) is 4.98. The van der Waals surface area contributed by atoms with Crippen molar-refractivity contribution in [1.29, 1.82) is 0 Å². The van der Waals surface area contributed by atoms with Crippen molar-refractivity contribution in [2.75, 3.05) is 0 Å². The van der Waals surface area contributed by atoms with Crippen LogP contribution in [-0.2, 0) is 0 Å². The highest BCUT2D eigenvalue weighted by Gasteiger charge is 2.59. The maximum absolute atomic E-state index is 2.50. The lowest BCUT2D eigenvalue weighted by molar-refractivity contribution is 0.112. The molecule has 0 spiro atoms. The van der Waals surface area contributed by atoms with Gasteiger partial charge in [0.25, 0.3) is 0 Å². The second kappa shape index (κ2) is 1.84. The maximum Gasteiger partial charge on any atom is -0.0246 e. The molecule has 2 rings (SSSR count). The normalized spacial score (nSPS) is 53.5. The molecule has 2 bridgehead atoms. The predicted molar refractivity (Wildman–Crippen MR) is 48.4 cm³/mol. The SMILES string of the molecule is C[C@H]1CC2CC[C@@]1(C)C2(C)C. The molecule has 2 fully saturated rings. The van der Waals surface area contributed by atoms with E-state index < -0.39 is 0 Å². The molecule has 3 atom stereocenters. The minimum absolute atomic E-state index is 0.631. The average Bonchev–Trinajstić information content (AvgIpc) is 2.20. The quantitative estimate of drug-likeness (QED) is 0.498. The molecule has 0 amide bonds. The van der Waals surface area contributed by atoms with Crippen LogP contribution in [-0.4, -0.2) is 0 Å². The fourth-order valence-electron chi connectivity index (χ4n) is 3.60. The van der Waals surface area contributed by atoms with Crippen LogP contribution < -0.4 is 0 Å². The molecular weight excluding hydrogens is 132 g/mol. The van der Waals surface area contributed by atoms with Gasteiger partial charge in [-0.15, -0.1) is 0 Å². The molecule has 0 heteroatoms. The molecule has 0 N–H and O–H groups in total.